The number of benzene rings is 1. The van der Waals surface area contributed by atoms with Gasteiger partial charge < -0.3 is 10.4 Å². The molecule has 0 bridgehead atoms. The number of hydrogen-bond donors (Lipinski definition) is 2. The highest BCUT2D eigenvalue weighted by Gasteiger charge is 2.39. The molecule has 0 fully saturated rings. The predicted octanol–water partition coefficient (Wildman–Crippen LogP) is 3.58. The number of rotatable bonds is 5. The normalized spacial score (nSPS) is 17.4. The van der Waals surface area contributed by atoms with Gasteiger partial charge in [-0.25, -0.2) is 0 Å². The van der Waals surface area contributed by atoms with Crippen molar-refractivity contribution in [3.8, 4) is 17.3 Å². The summed E-state index contributed by atoms with van der Waals surface area (Å²) in [6.07, 6.45) is 4.87. The van der Waals surface area contributed by atoms with Crippen molar-refractivity contribution in [3.05, 3.63) is 46.2 Å². The molecule has 0 spiro atoms. The highest BCUT2D eigenvalue weighted by atomic mass is 16.3. The molecular weight excluding hydrogens is 352 g/mol. The molecule has 144 valence electrons. The molecule has 4 rings (SSSR count). The molecule has 1 heterocycles. The minimum Gasteiger partial charge on any atom is -0.504 e. The van der Waals surface area contributed by atoms with Gasteiger partial charge in [-0.15, -0.1) is 0 Å². The Morgan fingerprint density at radius 1 is 1.43 bits per heavy atom. The Balaban J connectivity index is 1.81. The molecule has 2 aromatic rings. The van der Waals surface area contributed by atoms with Crippen LogP contribution in [0, 0.1) is 11.3 Å². The maximum atomic E-state index is 12.4. The Kier molecular flexibility index (Phi) is 4.68. The fourth-order valence-electron chi connectivity index (χ4n) is 4.54. The van der Waals surface area contributed by atoms with Crippen molar-refractivity contribution in [2.45, 2.75) is 44.9 Å². The number of nitriles is 1. The largest absolute Gasteiger partial charge is 0.504 e. The summed E-state index contributed by atoms with van der Waals surface area (Å²) in [5.74, 6) is -0.718. The first-order valence-electron chi connectivity index (χ1n) is 9.89. The monoisotopic (exact) mass is 376 g/mol. The summed E-state index contributed by atoms with van der Waals surface area (Å²) in [4.78, 5) is 12.4. The minimum absolute atomic E-state index is 0.156. The molecule has 6 heteroatoms. The van der Waals surface area contributed by atoms with E-state index in [1.54, 1.807) is 4.68 Å². The first-order chi connectivity index (χ1) is 13.6. The maximum absolute atomic E-state index is 12.4. The second-order valence-corrected chi connectivity index (χ2v) is 7.50. The Bertz CT molecular complexity index is 1030. The van der Waals surface area contributed by atoms with Crippen molar-refractivity contribution in [3.63, 3.8) is 0 Å². The van der Waals surface area contributed by atoms with Gasteiger partial charge >= 0.3 is 0 Å². The van der Waals surface area contributed by atoms with Crippen LogP contribution in [0.4, 0.5) is 0 Å². The van der Waals surface area contributed by atoms with Crippen molar-refractivity contribution in [1.82, 2.24) is 15.1 Å². The van der Waals surface area contributed by atoms with E-state index in [-0.39, 0.29) is 17.3 Å². The van der Waals surface area contributed by atoms with Crippen molar-refractivity contribution < 1.29 is 9.90 Å². The zero-order valence-electron chi connectivity index (χ0n) is 16.2. The quantitative estimate of drug-likeness (QED) is 0.361. The summed E-state index contributed by atoms with van der Waals surface area (Å²) in [6.45, 7) is 2.50. The molecule has 0 aliphatic heterocycles. The number of aliphatic hydroxyl groups excluding tert-OH is 1. The van der Waals surface area contributed by atoms with Gasteiger partial charge in [0.2, 0.25) is 0 Å². The van der Waals surface area contributed by atoms with Gasteiger partial charge in [-0.1, -0.05) is 31.5 Å². The van der Waals surface area contributed by atoms with Crippen LogP contribution in [0.15, 0.2) is 23.8 Å². The number of amides is 1. The number of nitrogens with one attached hydrogen (secondary N) is 1. The van der Waals surface area contributed by atoms with E-state index in [9.17, 15) is 15.2 Å². The third-order valence-corrected chi connectivity index (χ3v) is 5.79. The third-order valence-electron chi connectivity index (χ3n) is 5.79. The lowest BCUT2D eigenvalue weighted by atomic mass is 9.81. The van der Waals surface area contributed by atoms with Gasteiger partial charge in [0.15, 0.2) is 11.3 Å². The van der Waals surface area contributed by atoms with E-state index in [1.807, 2.05) is 20.0 Å². The zero-order chi connectivity index (χ0) is 19.8. The second kappa shape index (κ2) is 7.16. The molecule has 0 radical (unpaired) electrons. The van der Waals surface area contributed by atoms with Gasteiger partial charge in [-0.3, -0.25) is 9.48 Å². The van der Waals surface area contributed by atoms with Crippen molar-refractivity contribution in [1.29, 1.82) is 5.26 Å². The van der Waals surface area contributed by atoms with E-state index in [4.69, 9.17) is 0 Å². The molecule has 2 aliphatic carbocycles. The Morgan fingerprint density at radius 2 is 2.25 bits per heavy atom. The number of aromatic nitrogens is 2. The summed E-state index contributed by atoms with van der Waals surface area (Å²) >= 11 is 0. The molecule has 1 aromatic heterocycles. The summed E-state index contributed by atoms with van der Waals surface area (Å²) in [7, 11) is 1.85. The molecular formula is C22H24N4O2. The van der Waals surface area contributed by atoms with E-state index in [0.717, 1.165) is 48.9 Å². The van der Waals surface area contributed by atoms with E-state index in [2.05, 4.69) is 28.6 Å². The van der Waals surface area contributed by atoms with Gasteiger partial charge in [-0.2, -0.15) is 10.4 Å². The van der Waals surface area contributed by atoms with Gasteiger partial charge in [0.1, 0.15) is 11.8 Å². The summed E-state index contributed by atoms with van der Waals surface area (Å²) < 4.78 is 1.76. The van der Waals surface area contributed by atoms with Crippen LogP contribution in [0.3, 0.4) is 0 Å². The van der Waals surface area contributed by atoms with Crippen molar-refractivity contribution >= 4 is 11.7 Å². The molecule has 0 saturated heterocycles. The van der Waals surface area contributed by atoms with Gasteiger partial charge in [-0.05, 0) is 36.8 Å². The Hall–Kier alpha value is -3.07. The molecule has 2 N–H and O–H groups in total. The fraction of sp³-hybridized carbons (Fsp3) is 0.409. The van der Waals surface area contributed by atoms with Crippen LogP contribution in [0.25, 0.3) is 17.0 Å². The van der Waals surface area contributed by atoms with Crippen LogP contribution in [-0.4, -0.2) is 27.3 Å². The SMILES string of the molecule is CCCCNC(=O)/C(C#N)=C(\O)c1nn(C)c2c1C1CCCc3cccc-2c31. The number of unbranched alkanes of at least 4 members (excludes halogenated alkanes) is 1. The molecule has 1 unspecified atom stereocenters. The summed E-state index contributed by atoms with van der Waals surface area (Å²) in [6, 6.07) is 8.20. The Morgan fingerprint density at radius 3 is 3.00 bits per heavy atom. The number of nitrogens with zero attached hydrogens (tertiary/aromatic N) is 3. The minimum atomic E-state index is -0.548. The lowest BCUT2D eigenvalue weighted by Crippen LogP contribution is -2.26. The molecule has 1 aromatic carbocycles. The van der Waals surface area contributed by atoms with E-state index in [1.165, 1.54) is 11.1 Å². The smallest absolute Gasteiger partial charge is 0.265 e. The fourth-order valence-corrected chi connectivity index (χ4v) is 4.54. The highest BCUT2D eigenvalue weighted by Crippen LogP contribution is 2.52. The van der Waals surface area contributed by atoms with Crippen molar-refractivity contribution in [2.75, 3.05) is 6.54 Å². The van der Waals surface area contributed by atoms with Crippen LogP contribution < -0.4 is 5.32 Å². The summed E-state index contributed by atoms with van der Waals surface area (Å²) in [5.41, 5.74) is 5.81. The van der Waals surface area contributed by atoms with E-state index >= 15 is 0 Å². The first kappa shape index (κ1) is 18.3. The number of aryl methyl sites for hydroxylation is 2. The number of fused-ring (bicyclic) bond motifs is 3. The lowest BCUT2D eigenvalue weighted by Gasteiger charge is -2.22. The summed E-state index contributed by atoms with van der Waals surface area (Å²) in [5, 5.41) is 27.6. The van der Waals surface area contributed by atoms with Crippen LogP contribution in [0.5, 0.6) is 0 Å². The number of carbonyl (C=O) groups excluding carboxylic acids is 1. The topological polar surface area (TPSA) is 90.9 Å². The first-order valence-corrected chi connectivity index (χ1v) is 9.89. The average Bonchev–Trinajstić information content (AvgIpc) is 3.21. The second-order valence-electron chi connectivity index (χ2n) is 7.50. The van der Waals surface area contributed by atoms with Crippen LogP contribution >= 0.6 is 0 Å². The van der Waals surface area contributed by atoms with Gasteiger partial charge in [0, 0.05) is 30.6 Å². The van der Waals surface area contributed by atoms with Crippen LogP contribution in [0.1, 0.15) is 60.9 Å². The number of carbonyl (C=O) groups is 1. The lowest BCUT2D eigenvalue weighted by molar-refractivity contribution is -0.117. The molecule has 6 nitrogen and oxygen atoms in total. The Labute approximate surface area is 164 Å². The predicted molar refractivity (Wildman–Crippen MR) is 107 cm³/mol. The zero-order valence-corrected chi connectivity index (χ0v) is 16.2. The van der Waals surface area contributed by atoms with Crippen molar-refractivity contribution in [2.24, 2.45) is 7.05 Å². The standard InChI is InChI=1S/C22H24N4O2/c1-3-4-11-24-22(28)16(12-23)21(27)19-18-14-9-5-7-13-8-6-10-15(17(13)14)20(18)26(2)25-19/h6,8,10,14,27H,3-5,7,9,11H2,1-2H3,(H,24,28)/b21-16-. The van der Waals surface area contributed by atoms with Crippen LogP contribution in [0.2, 0.25) is 0 Å². The van der Waals surface area contributed by atoms with Gasteiger partial charge in [0.05, 0.1) is 5.69 Å². The molecule has 28 heavy (non-hydrogen) atoms. The maximum Gasteiger partial charge on any atom is 0.265 e. The highest BCUT2D eigenvalue weighted by molar-refractivity contribution is 6.04. The van der Waals surface area contributed by atoms with E-state index < -0.39 is 5.91 Å². The molecule has 1 amide bonds. The molecule has 1 atom stereocenters. The third kappa shape index (κ3) is 2.70. The number of hydrogen-bond acceptors (Lipinski definition) is 4. The molecule has 2 aliphatic rings. The van der Waals surface area contributed by atoms with Gasteiger partial charge in [0.25, 0.3) is 5.91 Å². The van der Waals surface area contributed by atoms with E-state index in [0.29, 0.717) is 12.2 Å². The average molecular weight is 376 g/mol. The number of aliphatic hydroxyl groups is 1. The van der Waals surface area contributed by atoms with Crippen LogP contribution in [-0.2, 0) is 18.3 Å². The molecule has 0 saturated carbocycles.